The zero-order valence-electron chi connectivity index (χ0n) is 11.6. The van der Waals surface area contributed by atoms with E-state index < -0.39 is 0 Å². The number of anilines is 1. The number of benzene rings is 1. The van der Waals surface area contributed by atoms with Crippen LogP contribution in [0.15, 0.2) is 42.7 Å². The van der Waals surface area contributed by atoms with E-state index in [1.807, 2.05) is 37.5 Å². The highest BCUT2D eigenvalue weighted by Gasteiger charge is 2.10. The molecule has 0 atom stereocenters. The predicted octanol–water partition coefficient (Wildman–Crippen LogP) is 1.48. The molecule has 0 spiro atoms. The molecule has 3 N–H and O–H groups in total. The Kier molecular flexibility index (Phi) is 3.27. The van der Waals surface area contributed by atoms with E-state index in [1.54, 1.807) is 16.9 Å². The van der Waals surface area contributed by atoms with E-state index >= 15 is 0 Å². The van der Waals surface area contributed by atoms with Gasteiger partial charge in [0.05, 0.1) is 6.20 Å². The van der Waals surface area contributed by atoms with Gasteiger partial charge in [0.15, 0.2) is 0 Å². The van der Waals surface area contributed by atoms with Gasteiger partial charge in [-0.25, -0.2) is 4.98 Å². The predicted molar refractivity (Wildman–Crippen MR) is 80.5 cm³/mol. The third kappa shape index (κ3) is 2.69. The average molecular weight is 281 g/mol. The van der Waals surface area contributed by atoms with Gasteiger partial charge in [-0.3, -0.25) is 9.48 Å². The van der Waals surface area contributed by atoms with Crippen molar-refractivity contribution in [3.8, 4) is 0 Å². The van der Waals surface area contributed by atoms with Gasteiger partial charge in [0.2, 0.25) is 0 Å². The second-order valence-corrected chi connectivity index (χ2v) is 4.82. The maximum absolute atomic E-state index is 12.2. The molecule has 0 aliphatic rings. The second-order valence-electron chi connectivity index (χ2n) is 4.82. The van der Waals surface area contributed by atoms with E-state index in [-0.39, 0.29) is 5.91 Å². The van der Waals surface area contributed by atoms with Gasteiger partial charge in [-0.2, -0.15) is 5.10 Å². The number of carbonyl (C=O) groups excluding carboxylic acids is 1. The molecule has 6 nitrogen and oxygen atoms in total. The summed E-state index contributed by atoms with van der Waals surface area (Å²) in [4.78, 5) is 16.3. The van der Waals surface area contributed by atoms with E-state index in [1.165, 1.54) is 0 Å². The number of carbonyl (C=O) groups is 1. The highest BCUT2D eigenvalue weighted by molar-refractivity contribution is 5.99. The minimum atomic E-state index is -0.253. The fraction of sp³-hybridized carbons (Fsp3) is 0.133. The van der Waals surface area contributed by atoms with Crippen LogP contribution in [-0.4, -0.2) is 20.7 Å². The van der Waals surface area contributed by atoms with Gasteiger partial charge < -0.3 is 11.1 Å². The van der Waals surface area contributed by atoms with Gasteiger partial charge in [-0.1, -0.05) is 24.3 Å². The SMILES string of the molecule is Cn1cc(CNC(=O)c2cc3ccccc3c(N)n2)cn1. The Labute approximate surface area is 121 Å². The quantitative estimate of drug-likeness (QED) is 0.761. The third-order valence-electron chi connectivity index (χ3n) is 3.21. The molecule has 2 aromatic heterocycles. The van der Waals surface area contributed by atoms with Crippen molar-refractivity contribution in [3.05, 3.63) is 54.0 Å². The Bertz CT molecular complexity index is 809. The summed E-state index contributed by atoms with van der Waals surface area (Å²) in [5.74, 6) is 0.107. The third-order valence-corrected chi connectivity index (χ3v) is 3.21. The van der Waals surface area contributed by atoms with Gasteiger partial charge in [-0.15, -0.1) is 0 Å². The first-order valence-corrected chi connectivity index (χ1v) is 6.54. The van der Waals surface area contributed by atoms with Crippen molar-refractivity contribution >= 4 is 22.5 Å². The van der Waals surface area contributed by atoms with Gasteiger partial charge in [0.1, 0.15) is 11.5 Å². The molecule has 0 bridgehead atoms. The molecule has 0 saturated carbocycles. The van der Waals surface area contributed by atoms with Crippen molar-refractivity contribution in [2.75, 3.05) is 5.73 Å². The zero-order chi connectivity index (χ0) is 14.8. The lowest BCUT2D eigenvalue weighted by molar-refractivity contribution is 0.0946. The van der Waals surface area contributed by atoms with Crippen LogP contribution in [-0.2, 0) is 13.6 Å². The number of amides is 1. The number of nitrogens with two attached hydrogens (primary N) is 1. The van der Waals surface area contributed by atoms with E-state index in [0.29, 0.717) is 18.1 Å². The Morgan fingerprint density at radius 1 is 1.38 bits per heavy atom. The molecule has 6 heteroatoms. The molecule has 3 rings (SSSR count). The highest BCUT2D eigenvalue weighted by Crippen LogP contribution is 2.19. The summed E-state index contributed by atoms with van der Waals surface area (Å²) in [5, 5.41) is 8.61. The van der Waals surface area contributed by atoms with Gasteiger partial charge in [-0.05, 0) is 11.5 Å². The lowest BCUT2D eigenvalue weighted by Crippen LogP contribution is -2.24. The summed E-state index contributed by atoms with van der Waals surface area (Å²) in [5.41, 5.74) is 7.15. The topological polar surface area (TPSA) is 85.8 Å². The van der Waals surface area contributed by atoms with Crippen molar-refractivity contribution < 1.29 is 4.79 Å². The molecule has 1 aromatic carbocycles. The standard InChI is InChI=1S/C15H15N5O/c1-20-9-10(8-18-20)7-17-15(21)13-6-11-4-2-3-5-12(11)14(16)19-13/h2-6,8-9H,7H2,1H3,(H2,16,19)(H,17,21). The fourth-order valence-electron chi connectivity index (χ4n) is 2.18. The average Bonchev–Trinajstić information content (AvgIpc) is 2.90. The van der Waals surface area contributed by atoms with Gasteiger partial charge in [0.25, 0.3) is 5.91 Å². The lowest BCUT2D eigenvalue weighted by atomic mass is 10.1. The molecular formula is C15H15N5O. The van der Waals surface area contributed by atoms with Crippen molar-refractivity contribution in [2.24, 2.45) is 7.05 Å². The van der Waals surface area contributed by atoms with Crippen LogP contribution in [0.4, 0.5) is 5.82 Å². The molecule has 106 valence electrons. The monoisotopic (exact) mass is 281 g/mol. The summed E-state index contributed by atoms with van der Waals surface area (Å²) >= 11 is 0. The Morgan fingerprint density at radius 3 is 2.95 bits per heavy atom. The van der Waals surface area contributed by atoms with Crippen LogP contribution in [0.1, 0.15) is 16.1 Å². The summed E-state index contributed by atoms with van der Waals surface area (Å²) in [6, 6.07) is 9.33. The molecular weight excluding hydrogens is 266 g/mol. The number of nitrogens with one attached hydrogen (secondary N) is 1. The Hall–Kier alpha value is -2.89. The van der Waals surface area contributed by atoms with Crippen molar-refractivity contribution in [2.45, 2.75) is 6.54 Å². The molecule has 0 unspecified atom stereocenters. The summed E-state index contributed by atoms with van der Waals surface area (Å²) < 4.78 is 1.69. The number of rotatable bonds is 3. The van der Waals surface area contributed by atoms with E-state index in [0.717, 1.165) is 16.3 Å². The van der Waals surface area contributed by atoms with Crippen molar-refractivity contribution in [1.29, 1.82) is 0 Å². The first kappa shape index (κ1) is 13.1. The maximum Gasteiger partial charge on any atom is 0.270 e. The lowest BCUT2D eigenvalue weighted by Gasteiger charge is -2.06. The zero-order valence-corrected chi connectivity index (χ0v) is 11.6. The summed E-state index contributed by atoms with van der Waals surface area (Å²) in [6.45, 7) is 0.404. The molecule has 0 aliphatic heterocycles. The van der Waals surface area contributed by atoms with Crippen LogP contribution < -0.4 is 11.1 Å². The fourth-order valence-corrected chi connectivity index (χ4v) is 2.18. The Balaban J connectivity index is 1.81. The number of fused-ring (bicyclic) bond motifs is 1. The highest BCUT2D eigenvalue weighted by atomic mass is 16.1. The molecule has 2 heterocycles. The van der Waals surface area contributed by atoms with Crippen molar-refractivity contribution in [1.82, 2.24) is 20.1 Å². The van der Waals surface area contributed by atoms with Crippen LogP contribution in [0.25, 0.3) is 10.8 Å². The second kappa shape index (κ2) is 5.24. The molecule has 21 heavy (non-hydrogen) atoms. The molecule has 0 radical (unpaired) electrons. The molecule has 1 amide bonds. The van der Waals surface area contributed by atoms with Gasteiger partial charge in [0, 0.05) is 30.7 Å². The number of hydrogen-bond acceptors (Lipinski definition) is 4. The summed E-state index contributed by atoms with van der Waals surface area (Å²) in [7, 11) is 1.83. The van der Waals surface area contributed by atoms with Crippen LogP contribution in [0.3, 0.4) is 0 Å². The number of hydrogen-bond donors (Lipinski definition) is 2. The number of nitrogens with zero attached hydrogens (tertiary/aromatic N) is 3. The number of nitrogen functional groups attached to an aromatic ring is 1. The Morgan fingerprint density at radius 2 is 2.19 bits per heavy atom. The molecule has 0 saturated heterocycles. The molecule has 0 fully saturated rings. The number of pyridine rings is 1. The normalized spacial score (nSPS) is 10.7. The van der Waals surface area contributed by atoms with Crippen LogP contribution >= 0.6 is 0 Å². The van der Waals surface area contributed by atoms with Crippen LogP contribution in [0.2, 0.25) is 0 Å². The van der Waals surface area contributed by atoms with Gasteiger partial charge >= 0.3 is 0 Å². The molecule has 3 aromatic rings. The smallest absolute Gasteiger partial charge is 0.270 e. The van der Waals surface area contributed by atoms with E-state index in [2.05, 4.69) is 15.4 Å². The number of aromatic nitrogens is 3. The first-order valence-electron chi connectivity index (χ1n) is 6.54. The minimum absolute atomic E-state index is 0.253. The number of aryl methyl sites for hydroxylation is 1. The maximum atomic E-state index is 12.2. The minimum Gasteiger partial charge on any atom is -0.383 e. The van der Waals surface area contributed by atoms with Crippen LogP contribution in [0, 0.1) is 0 Å². The first-order chi connectivity index (χ1) is 10.1. The van der Waals surface area contributed by atoms with Crippen LogP contribution in [0.5, 0.6) is 0 Å². The molecule has 0 aliphatic carbocycles. The van der Waals surface area contributed by atoms with E-state index in [9.17, 15) is 4.79 Å². The summed E-state index contributed by atoms with van der Waals surface area (Å²) in [6.07, 6.45) is 3.56. The van der Waals surface area contributed by atoms with E-state index in [4.69, 9.17) is 5.73 Å². The largest absolute Gasteiger partial charge is 0.383 e. The van der Waals surface area contributed by atoms with Crippen molar-refractivity contribution in [3.63, 3.8) is 0 Å².